The second-order valence-electron chi connectivity index (χ2n) is 2.32. The van der Waals surface area contributed by atoms with Gasteiger partial charge in [-0.2, -0.15) is 0 Å². The Morgan fingerprint density at radius 3 is 2.64 bits per heavy atom. The minimum Gasteiger partial charge on any atom is -0.404 e. The van der Waals surface area contributed by atoms with Crippen molar-refractivity contribution in [1.82, 2.24) is 4.98 Å². The van der Waals surface area contributed by atoms with Gasteiger partial charge in [-0.3, -0.25) is 0 Å². The summed E-state index contributed by atoms with van der Waals surface area (Å²) < 4.78 is 39.4. The van der Waals surface area contributed by atoms with Crippen molar-refractivity contribution in [3.63, 3.8) is 0 Å². The summed E-state index contributed by atoms with van der Waals surface area (Å²) in [4.78, 5) is 3.55. The highest BCUT2D eigenvalue weighted by Gasteiger charge is 2.32. The molecular formula is C7H5BrF3NO2. The number of aliphatic hydroxyl groups is 1. The highest BCUT2D eigenvalue weighted by Crippen LogP contribution is 2.27. The summed E-state index contributed by atoms with van der Waals surface area (Å²) >= 11 is 2.96. The van der Waals surface area contributed by atoms with Crippen LogP contribution < -0.4 is 4.74 Å². The second kappa shape index (κ2) is 4.14. The molecule has 0 spiro atoms. The van der Waals surface area contributed by atoms with Gasteiger partial charge in [0.25, 0.3) is 0 Å². The normalized spacial score (nSPS) is 11.5. The Bertz CT molecular complexity index is 329. The molecule has 1 heterocycles. The fourth-order valence-corrected chi connectivity index (χ4v) is 1.17. The Kier molecular flexibility index (Phi) is 3.33. The smallest absolute Gasteiger partial charge is 0.404 e. The summed E-state index contributed by atoms with van der Waals surface area (Å²) in [6.45, 7) is -0.549. The second-order valence-corrected chi connectivity index (χ2v) is 3.13. The maximum absolute atomic E-state index is 11.8. The SMILES string of the molecule is OCc1cc(Br)ncc1OC(F)(F)F. The zero-order valence-corrected chi connectivity index (χ0v) is 8.26. The predicted molar refractivity (Wildman–Crippen MR) is 44.5 cm³/mol. The van der Waals surface area contributed by atoms with E-state index < -0.39 is 18.7 Å². The number of halogens is 4. The molecule has 3 nitrogen and oxygen atoms in total. The Labute approximate surface area is 85.7 Å². The maximum Gasteiger partial charge on any atom is 0.573 e. The number of ether oxygens (including phenoxy) is 1. The molecule has 1 rings (SSSR count). The Balaban J connectivity index is 2.97. The number of hydrogen-bond acceptors (Lipinski definition) is 3. The van der Waals surface area contributed by atoms with E-state index in [-0.39, 0.29) is 5.56 Å². The highest BCUT2D eigenvalue weighted by atomic mass is 79.9. The molecule has 0 saturated heterocycles. The predicted octanol–water partition coefficient (Wildman–Crippen LogP) is 2.24. The molecule has 0 aromatic carbocycles. The zero-order valence-electron chi connectivity index (χ0n) is 6.68. The summed E-state index contributed by atoms with van der Waals surface area (Å²) in [6.07, 6.45) is -3.89. The fourth-order valence-electron chi connectivity index (χ4n) is 0.796. The van der Waals surface area contributed by atoms with Crippen LogP contribution in [-0.4, -0.2) is 16.5 Å². The monoisotopic (exact) mass is 271 g/mol. The molecule has 0 aliphatic heterocycles. The van der Waals surface area contributed by atoms with E-state index >= 15 is 0 Å². The van der Waals surface area contributed by atoms with Crippen LogP contribution in [-0.2, 0) is 6.61 Å². The minimum atomic E-state index is -4.78. The molecule has 0 aliphatic rings. The number of nitrogens with zero attached hydrogens (tertiary/aromatic N) is 1. The fraction of sp³-hybridized carbons (Fsp3) is 0.286. The molecule has 0 atom stereocenters. The number of aromatic nitrogens is 1. The number of alkyl halides is 3. The summed E-state index contributed by atoms with van der Waals surface area (Å²) in [6, 6.07) is 1.25. The van der Waals surface area contributed by atoms with Crippen LogP contribution in [0.3, 0.4) is 0 Å². The molecule has 0 bridgehead atoms. The average molecular weight is 272 g/mol. The first kappa shape index (κ1) is 11.3. The lowest BCUT2D eigenvalue weighted by atomic mass is 10.3. The largest absolute Gasteiger partial charge is 0.573 e. The van der Waals surface area contributed by atoms with E-state index in [0.717, 1.165) is 6.20 Å². The number of rotatable bonds is 2. The lowest BCUT2D eigenvalue weighted by molar-refractivity contribution is -0.275. The lowest BCUT2D eigenvalue weighted by Gasteiger charge is -2.11. The first-order valence-electron chi connectivity index (χ1n) is 3.43. The van der Waals surface area contributed by atoms with Crippen LogP contribution in [0.5, 0.6) is 5.75 Å². The van der Waals surface area contributed by atoms with Gasteiger partial charge in [-0.05, 0) is 22.0 Å². The molecule has 78 valence electrons. The Morgan fingerprint density at radius 1 is 1.50 bits per heavy atom. The van der Waals surface area contributed by atoms with Gasteiger partial charge in [-0.1, -0.05) is 0 Å². The van der Waals surface area contributed by atoms with Crippen molar-refractivity contribution >= 4 is 15.9 Å². The molecule has 14 heavy (non-hydrogen) atoms. The molecule has 0 fully saturated rings. The van der Waals surface area contributed by atoms with Crippen LogP contribution in [0, 0.1) is 0 Å². The Morgan fingerprint density at radius 2 is 2.14 bits per heavy atom. The third-order valence-electron chi connectivity index (χ3n) is 1.31. The molecule has 0 aliphatic carbocycles. The molecule has 1 aromatic rings. The molecule has 7 heteroatoms. The topological polar surface area (TPSA) is 42.4 Å². The van der Waals surface area contributed by atoms with E-state index in [0.29, 0.717) is 4.60 Å². The van der Waals surface area contributed by atoms with Gasteiger partial charge in [-0.25, -0.2) is 4.98 Å². The van der Waals surface area contributed by atoms with Crippen LogP contribution in [0.2, 0.25) is 0 Å². The van der Waals surface area contributed by atoms with Crippen molar-refractivity contribution in [2.24, 2.45) is 0 Å². The van der Waals surface area contributed by atoms with E-state index in [1.165, 1.54) is 6.07 Å². The van der Waals surface area contributed by atoms with Gasteiger partial charge in [0.1, 0.15) is 4.60 Å². The molecule has 0 radical (unpaired) electrons. The number of aliphatic hydroxyl groups excluding tert-OH is 1. The van der Waals surface area contributed by atoms with Gasteiger partial charge in [-0.15, -0.1) is 13.2 Å². The van der Waals surface area contributed by atoms with Gasteiger partial charge in [0.2, 0.25) is 0 Å². The van der Waals surface area contributed by atoms with Crippen molar-refractivity contribution in [2.75, 3.05) is 0 Å². The third-order valence-corrected chi connectivity index (χ3v) is 1.74. The quantitative estimate of drug-likeness (QED) is 0.839. The van der Waals surface area contributed by atoms with E-state index in [9.17, 15) is 13.2 Å². The van der Waals surface area contributed by atoms with Crippen LogP contribution in [0.15, 0.2) is 16.9 Å². The van der Waals surface area contributed by atoms with E-state index in [1.807, 2.05) is 0 Å². The Hall–Kier alpha value is -0.820. The van der Waals surface area contributed by atoms with Crippen LogP contribution in [0.1, 0.15) is 5.56 Å². The van der Waals surface area contributed by atoms with Crippen LogP contribution in [0.4, 0.5) is 13.2 Å². The third kappa shape index (κ3) is 3.15. The van der Waals surface area contributed by atoms with Crippen molar-refractivity contribution in [1.29, 1.82) is 0 Å². The summed E-state index contributed by atoms with van der Waals surface area (Å²) in [5.74, 6) is -0.497. The van der Waals surface area contributed by atoms with E-state index in [4.69, 9.17) is 5.11 Å². The van der Waals surface area contributed by atoms with E-state index in [2.05, 4.69) is 25.7 Å². The van der Waals surface area contributed by atoms with Gasteiger partial charge in [0, 0.05) is 5.56 Å². The summed E-state index contributed by atoms with van der Waals surface area (Å²) in [5.41, 5.74) is 0.0178. The van der Waals surface area contributed by atoms with Crippen molar-refractivity contribution in [3.8, 4) is 5.75 Å². The standard InChI is InChI=1S/C7H5BrF3NO2/c8-6-1-4(3-13)5(2-12-6)14-7(9,10)11/h1-2,13H,3H2. The van der Waals surface area contributed by atoms with Gasteiger partial charge < -0.3 is 9.84 Å². The first-order valence-corrected chi connectivity index (χ1v) is 4.22. The molecular weight excluding hydrogens is 267 g/mol. The number of pyridine rings is 1. The van der Waals surface area contributed by atoms with Gasteiger partial charge in [0.15, 0.2) is 5.75 Å². The molecule has 0 saturated carbocycles. The average Bonchev–Trinajstić information content (AvgIpc) is 2.06. The van der Waals surface area contributed by atoms with Crippen molar-refractivity contribution in [2.45, 2.75) is 13.0 Å². The van der Waals surface area contributed by atoms with Crippen molar-refractivity contribution < 1.29 is 23.0 Å². The first-order chi connectivity index (χ1) is 6.42. The maximum atomic E-state index is 11.8. The minimum absolute atomic E-state index is 0.0178. The lowest BCUT2D eigenvalue weighted by Crippen LogP contribution is -2.18. The van der Waals surface area contributed by atoms with Gasteiger partial charge >= 0.3 is 6.36 Å². The van der Waals surface area contributed by atoms with Crippen molar-refractivity contribution in [3.05, 3.63) is 22.4 Å². The number of hydrogen-bond donors (Lipinski definition) is 1. The molecule has 0 unspecified atom stereocenters. The molecule has 0 amide bonds. The van der Waals surface area contributed by atoms with E-state index in [1.54, 1.807) is 0 Å². The van der Waals surface area contributed by atoms with Gasteiger partial charge in [0.05, 0.1) is 12.8 Å². The summed E-state index contributed by atoms with van der Waals surface area (Å²) in [5, 5.41) is 8.74. The summed E-state index contributed by atoms with van der Waals surface area (Å²) in [7, 11) is 0. The molecule has 1 aromatic heterocycles. The van der Waals surface area contributed by atoms with Crippen LogP contribution in [0.25, 0.3) is 0 Å². The zero-order chi connectivity index (χ0) is 10.8. The van der Waals surface area contributed by atoms with Crippen LogP contribution >= 0.6 is 15.9 Å². The highest BCUT2D eigenvalue weighted by molar-refractivity contribution is 9.10. The molecule has 1 N–H and O–H groups in total.